The van der Waals surface area contributed by atoms with Crippen LogP contribution in [0, 0.1) is 0 Å². The van der Waals surface area contributed by atoms with Gasteiger partial charge in [0.25, 0.3) is 0 Å². The van der Waals surface area contributed by atoms with Crippen molar-refractivity contribution < 1.29 is 28.9 Å². The van der Waals surface area contributed by atoms with Gasteiger partial charge in [-0.15, -0.1) is 0 Å². The number of amides is 1. The van der Waals surface area contributed by atoms with Crippen LogP contribution in [0.1, 0.15) is 22.6 Å². The maximum Gasteiger partial charge on any atom is 0.407 e. The van der Waals surface area contributed by atoms with Gasteiger partial charge in [0.05, 0.1) is 19.7 Å². The lowest BCUT2D eigenvalue weighted by molar-refractivity contribution is -0.139. The second kappa shape index (κ2) is 10.6. The predicted octanol–water partition coefficient (Wildman–Crippen LogP) is 5.44. The van der Waals surface area contributed by atoms with Gasteiger partial charge in [-0.2, -0.15) is 0 Å². The number of alkyl carbamates (subject to hydrolysis) is 1. The van der Waals surface area contributed by atoms with Crippen molar-refractivity contribution in [3.05, 3.63) is 88.6 Å². The molecule has 8 nitrogen and oxygen atoms in total. The molecule has 1 unspecified atom stereocenters. The largest absolute Gasteiger partial charge is 0.493 e. The topological polar surface area (TPSA) is 107 Å². The van der Waals surface area contributed by atoms with E-state index in [1.54, 1.807) is 18.2 Å². The van der Waals surface area contributed by atoms with Crippen molar-refractivity contribution in [3.8, 4) is 22.6 Å². The Bertz CT molecular complexity index is 1490. The first-order valence-electron chi connectivity index (χ1n) is 11.9. The Kier molecular flexibility index (Phi) is 7.07. The monoisotopic (exact) mass is 532 g/mol. The van der Waals surface area contributed by atoms with Crippen LogP contribution in [0.3, 0.4) is 0 Å². The Hall–Kier alpha value is -4.30. The first-order chi connectivity index (χ1) is 18.4. The number of carbonyl (C=O) groups is 2. The summed E-state index contributed by atoms with van der Waals surface area (Å²) in [5, 5.41) is 13.1. The first kappa shape index (κ1) is 25.4. The van der Waals surface area contributed by atoms with Gasteiger partial charge in [0.15, 0.2) is 11.5 Å². The molecule has 1 heterocycles. The number of methoxy groups -OCH3 is 2. The van der Waals surface area contributed by atoms with Crippen LogP contribution in [-0.4, -0.2) is 49.0 Å². The van der Waals surface area contributed by atoms with E-state index in [9.17, 15) is 14.7 Å². The molecule has 9 heteroatoms. The van der Waals surface area contributed by atoms with Crippen LogP contribution < -0.4 is 14.8 Å². The van der Waals surface area contributed by atoms with Crippen molar-refractivity contribution in [1.29, 1.82) is 0 Å². The van der Waals surface area contributed by atoms with Gasteiger partial charge in [-0.3, -0.25) is 0 Å². The molecule has 1 atom stereocenters. The summed E-state index contributed by atoms with van der Waals surface area (Å²) < 4.78 is 16.2. The summed E-state index contributed by atoms with van der Waals surface area (Å²) in [6.45, 7) is 0.0755. The second-order valence-corrected chi connectivity index (χ2v) is 9.26. The molecule has 0 saturated carbocycles. The molecular formula is C29H25ClN2O6. The van der Waals surface area contributed by atoms with Gasteiger partial charge in [-0.05, 0) is 39.9 Å². The van der Waals surface area contributed by atoms with Gasteiger partial charge in [0.1, 0.15) is 17.8 Å². The number of rotatable bonds is 8. The number of benzene rings is 3. The Morgan fingerprint density at radius 1 is 0.974 bits per heavy atom. The van der Waals surface area contributed by atoms with Gasteiger partial charge in [0.2, 0.25) is 0 Å². The summed E-state index contributed by atoms with van der Waals surface area (Å²) in [7, 11) is 3.04. The number of hydrogen-bond donors (Lipinski definition) is 2. The van der Waals surface area contributed by atoms with Crippen molar-refractivity contribution in [2.75, 3.05) is 20.8 Å². The van der Waals surface area contributed by atoms with E-state index in [-0.39, 0.29) is 24.1 Å². The molecule has 1 aliphatic rings. The van der Waals surface area contributed by atoms with E-state index in [0.29, 0.717) is 28.0 Å². The number of carboxylic acid groups (broad SMARTS) is 1. The van der Waals surface area contributed by atoms with Crippen LogP contribution in [-0.2, 0) is 16.0 Å². The van der Waals surface area contributed by atoms with Crippen molar-refractivity contribution >= 4 is 34.6 Å². The molecule has 1 amide bonds. The fraction of sp³-hybridized carbons (Fsp3) is 0.207. The minimum atomic E-state index is -1.28. The van der Waals surface area contributed by atoms with Crippen LogP contribution in [0.4, 0.5) is 4.79 Å². The fourth-order valence-corrected chi connectivity index (χ4v) is 5.09. The number of aliphatic carboxylic acids is 1. The lowest BCUT2D eigenvalue weighted by Gasteiger charge is -2.18. The molecule has 38 heavy (non-hydrogen) atoms. The van der Waals surface area contributed by atoms with Crippen molar-refractivity contribution in [3.63, 3.8) is 0 Å². The van der Waals surface area contributed by atoms with Crippen LogP contribution >= 0.6 is 11.6 Å². The summed E-state index contributed by atoms with van der Waals surface area (Å²) in [5.41, 5.74) is 5.36. The zero-order valence-corrected chi connectivity index (χ0v) is 21.5. The lowest BCUT2D eigenvalue weighted by Crippen LogP contribution is -2.43. The highest BCUT2D eigenvalue weighted by atomic mass is 35.5. The number of nitrogens with one attached hydrogen (secondary N) is 1. The van der Waals surface area contributed by atoms with Gasteiger partial charge in [-0.25, -0.2) is 14.6 Å². The van der Waals surface area contributed by atoms with Gasteiger partial charge in [0, 0.05) is 23.8 Å². The number of hydrogen-bond acceptors (Lipinski definition) is 6. The van der Waals surface area contributed by atoms with Crippen LogP contribution in [0.2, 0.25) is 5.15 Å². The Morgan fingerprint density at radius 2 is 1.58 bits per heavy atom. The number of pyridine rings is 1. The molecule has 0 saturated heterocycles. The zero-order chi connectivity index (χ0) is 26.8. The van der Waals surface area contributed by atoms with Gasteiger partial charge in [-0.1, -0.05) is 60.1 Å². The maximum absolute atomic E-state index is 12.7. The van der Waals surface area contributed by atoms with Crippen LogP contribution in [0.25, 0.3) is 22.0 Å². The summed E-state index contributed by atoms with van der Waals surface area (Å²) in [6, 6.07) is 19.8. The molecule has 0 aliphatic heterocycles. The number of carbonyl (C=O) groups excluding carboxylic acids is 1. The molecule has 0 fully saturated rings. The summed E-state index contributed by atoms with van der Waals surface area (Å²) in [5.74, 6) is -0.359. The zero-order valence-electron chi connectivity index (χ0n) is 20.7. The van der Waals surface area contributed by atoms with Crippen molar-refractivity contribution in [2.24, 2.45) is 0 Å². The van der Waals surface area contributed by atoms with E-state index >= 15 is 0 Å². The maximum atomic E-state index is 12.7. The molecule has 5 rings (SSSR count). The number of halogens is 1. The molecule has 4 aromatic rings. The minimum absolute atomic E-state index is 0.0755. The highest BCUT2D eigenvalue weighted by molar-refractivity contribution is 6.30. The molecule has 194 valence electrons. The predicted molar refractivity (Wildman–Crippen MR) is 143 cm³/mol. The smallest absolute Gasteiger partial charge is 0.407 e. The molecular weight excluding hydrogens is 508 g/mol. The van der Waals surface area contributed by atoms with E-state index in [2.05, 4.69) is 10.3 Å². The third kappa shape index (κ3) is 4.82. The molecule has 0 radical (unpaired) electrons. The van der Waals surface area contributed by atoms with E-state index in [0.717, 1.165) is 22.3 Å². The van der Waals surface area contributed by atoms with E-state index in [4.69, 9.17) is 25.8 Å². The van der Waals surface area contributed by atoms with Crippen molar-refractivity contribution in [2.45, 2.75) is 18.4 Å². The summed E-state index contributed by atoms with van der Waals surface area (Å²) in [6.07, 6.45) is -0.911. The second-order valence-electron chi connectivity index (χ2n) is 8.90. The number of aromatic nitrogens is 1. The minimum Gasteiger partial charge on any atom is -0.493 e. The SMILES string of the molecule is COc1cc2cc(CC(NC(=O)OCC3c4ccccc4-c4ccccc43)C(=O)O)c(Cl)nc2cc1OC. The third-order valence-corrected chi connectivity index (χ3v) is 7.03. The van der Waals surface area contributed by atoms with Gasteiger partial charge >= 0.3 is 12.1 Å². The Balaban J connectivity index is 1.31. The van der Waals surface area contributed by atoms with E-state index in [1.165, 1.54) is 14.2 Å². The average Bonchev–Trinajstić information content (AvgIpc) is 3.24. The number of nitrogens with zero attached hydrogens (tertiary/aromatic N) is 1. The van der Waals surface area contributed by atoms with Crippen molar-refractivity contribution in [1.82, 2.24) is 10.3 Å². The molecule has 3 aromatic carbocycles. The molecule has 2 N–H and O–H groups in total. The third-order valence-electron chi connectivity index (χ3n) is 6.70. The van der Waals surface area contributed by atoms with E-state index in [1.807, 2.05) is 48.5 Å². The Labute approximate surface area is 224 Å². The fourth-order valence-electron chi connectivity index (χ4n) is 4.87. The molecule has 1 aromatic heterocycles. The highest BCUT2D eigenvalue weighted by Gasteiger charge is 2.30. The van der Waals surface area contributed by atoms with E-state index < -0.39 is 18.1 Å². The molecule has 1 aliphatic carbocycles. The van der Waals surface area contributed by atoms with Crippen LogP contribution in [0.15, 0.2) is 66.7 Å². The number of carboxylic acids is 1. The normalized spacial score (nSPS) is 12.9. The summed E-state index contributed by atoms with van der Waals surface area (Å²) in [4.78, 5) is 29.1. The van der Waals surface area contributed by atoms with Gasteiger partial charge < -0.3 is 24.6 Å². The molecule has 0 bridgehead atoms. The lowest BCUT2D eigenvalue weighted by atomic mass is 9.98. The average molecular weight is 533 g/mol. The number of ether oxygens (including phenoxy) is 3. The first-order valence-corrected chi connectivity index (χ1v) is 12.3. The molecule has 0 spiro atoms. The number of fused-ring (bicyclic) bond motifs is 4. The standard InChI is InChI=1S/C29H25ClN2O6/c1-36-25-13-16-11-17(27(30)31-23(16)14-26(25)37-2)12-24(28(33)34)32-29(35)38-15-22-20-9-5-3-7-18(20)19-8-4-6-10-21(19)22/h3-11,13-14,22,24H,12,15H2,1-2H3,(H,32,35)(H,33,34). The Morgan fingerprint density at radius 3 is 2.18 bits per heavy atom. The quantitative estimate of drug-likeness (QED) is 0.291. The summed E-state index contributed by atoms with van der Waals surface area (Å²) >= 11 is 6.38. The highest BCUT2D eigenvalue weighted by Crippen LogP contribution is 2.44. The van der Waals surface area contributed by atoms with Crippen LogP contribution in [0.5, 0.6) is 11.5 Å².